The van der Waals surface area contributed by atoms with Crippen molar-refractivity contribution in [2.45, 2.75) is 12.2 Å². The largest absolute Gasteiger partial charge is 0.488 e. The highest BCUT2D eigenvalue weighted by molar-refractivity contribution is 5.80. The minimum Gasteiger partial charge on any atom is -0.488 e. The molecule has 1 aliphatic heterocycles. The maximum Gasteiger partial charge on any atom is 0.247 e. The van der Waals surface area contributed by atoms with Crippen molar-refractivity contribution < 1.29 is 14.3 Å². The van der Waals surface area contributed by atoms with E-state index in [4.69, 9.17) is 20.5 Å². The van der Waals surface area contributed by atoms with Gasteiger partial charge < -0.3 is 15.2 Å². The molecule has 0 aliphatic carbocycles. The molecule has 5 heteroatoms. The lowest BCUT2D eigenvalue weighted by Gasteiger charge is -2.12. The van der Waals surface area contributed by atoms with Crippen molar-refractivity contribution in [1.82, 2.24) is 0 Å². The summed E-state index contributed by atoms with van der Waals surface area (Å²) < 4.78 is 11.0. The van der Waals surface area contributed by atoms with Crippen LogP contribution in [0.1, 0.15) is 5.56 Å². The number of carbonyl (C=O) groups excluding carboxylic acids is 1. The number of ether oxygens (including phenoxy) is 2. The minimum absolute atomic E-state index is 0.298. The predicted octanol–water partition coefficient (Wildman–Crippen LogP) is 2.06. The fourth-order valence-corrected chi connectivity index (χ4v) is 2.48. The van der Waals surface area contributed by atoms with Gasteiger partial charge in [0, 0.05) is 6.42 Å². The molecule has 1 saturated heterocycles. The molecule has 23 heavy (non-hydrogen) atoms. The van der Waals surface area contributed by atoms with Gasteiger partial charge in [-0.3, -0.25) is 4.79 Å². The maximum atomic E-state index is 11.0. The first kappa shape index (κ1) is 15.1. The molecule has 0 aromatic heterocycles. The first-order valence-corrected chi connectivity index (χ1v) is 7.19. The van der Waals surface area contributed by atoms with E-state index in [0.29, 0.717) is 17.9 Å². The van der Waals surface area contributed by atoms with Gasteiger partial charge >= 0.3 is 0 Å². The van der Waals surface area contributed by atoms with Crippen molar-refractivity contribution >= 4 is 5.91 Å². The topological polar surface area (TPSA) is 85.3 Å². The molecule has 2 N–H and O–H groups in total. The van der Waals surface area contributed by atoms with Crippen LogP contribution in [-0.2, 0) is 9.53 Å². The number of rotatable bonds is 4. The molecule has 1 unspecified atom stereocenters. The van der Waals surface area contributed by atoms with Crippen molar-refractivity contribution in [2.24, 2.45) is 5.73 Å². The van der Waals surface area contributed by atoms with Gasteiger partial charge in [-0.2, -0.15) is 5.26 Å². The van der Waals surface area contributed by atoms with Crippen molar-refractivity contribution in [1.29, 1.82) is 5.26 Å². The van der Waals surface area contributed by atoms with Crippen LogP contribution in [0.2, 0.25) is 0 Å². The van der Waals surface area contributed by atoms with Crippen LogP contribution in [0.4, 0.5) is 0 Å². The summed E-state index contributed by atoms with van der Waals surface area (Å²) in [6, 6.07) is 17.1. The lowest BCUT2D eigenvalue weighted by molar-refractivity contribution is -0.125. The van der Waals surface area contributed by atoms with Gasteiger partial charge in [-0.15, -0.1) is 0 Å². The molecule has 3 rings (SSSR count). The normalized spacial score (nSPS) is 20.0. The highest BCUT2D eigenvalue weighted by Crippen LogP contribution is 2.26. The van der Waals surface area contributed by atoms with Gasteiger partial charge in [0.05, 0.1) is 18.2 Å². The second-order valence-corrected chi connectivity index (χ2v) is 5.19. The van der Waals surface area contributed by atoms with Crippen LogP contribution in [-0.4, -0.2) is 24.7 Å². The monoisotopic (exact) mass is 307 g/mol. The first-order chi connectivity index (χ1) is 11.2. The molecule has 0 saturated carbocycles. The fraction of sp³-hybridized carbons (Fsp3) is 0.167. The van der Waals surface area contributed by atoms with Crippen molar-refractivity contribution in [3.63, 3.8) is 0 Å². The van der Waals surface area contributed by atoms with Crippen LogP contribution in [0.25, 0.3) is 11.1 Å². The zero-order valence-electron chi connectivity index (χ0n) is 12.3. The molecular weight excluding hydrogens is 292 g/mol. The fourth-order valence-electron chi connectivity index (χ4n) is 2.48. The third-order valence-electron chi connectivity index (χ3n) is 3.61. The van der Waals surface area contributed by atoms with E-state index < -0.39 is 12.0 Å². The molecule has 1 radical (unpaired) electrons. The SMILES string of the molecule is N#Cc1ccccc1-c1ccc(O[C@H]2[CH]C(C(N)=O)OC2)cc1. The summed E-state index contributed by atoms with van der Waals surface area (Å²) in [5.41, 5.74) is 7.64. The third kappa shape index (κ3) is 3.33. The third-order valence-corrected chi connectivity index (χ3v) is 3.61. The molecule has 1 amide bonds. The van der Waals surface area contributed by atoms with E-state index in [0.717, 1.165) is 11.1 Å². The average molecular weight is 307 g/mol. The first-order valence-electron chi connectivity index (χ1n) is 7.19. The Morgan fingerprint density at radius 2 is 1.96 bits per heavy atom. The van der Waals surface area contributed by atoms with Crippen molar-refractivity contribution in [3.05, 3.63) is 60.5 Å². The minimum atomic E-state index is -0.693. The Hall–Kier alpha value is -2.84. The maximum absolute atomic E-state index is 11.0. The van der Waals surface area contributed by atoms with Gasteiger partial charge in [0.15, 0.2) is 0 Å². The molecule has 2 aromatic carbocycles. The molecule has 0 spiro atoms. The standard InChI is InChI=1S/C18H15N2O3/c19-10-13-3-1-2-4-16(13)12-5-7-14(8-6-12)23-15-9-17(18(20)21)22-11-15/h1-9,15,17H,11H2,(H2,20,21)/t15-,17?/m0/s1. The van der Waals surface area contributed by atoms with Crippen LogP contribution in [0.5, 0.6) is 5.75 Å². The number of hydrogen-bond acceptors (Lipinski definition) is 4. The van der Waals surface area contributed by atoms with Crippen LogP contribution >= 0.6 is 0 Å². The van der Waals surface area contributed by atoms with E-state index in [1.54, 1.807) is 12.5 Å². The summed E-state index contributed by atoms with van der Waals surface area (Å²) in [7, 11) is 0. The Morgan fingerprint density at radius 3 is 2.61 bits per heavy atom. The highest BCUT2D eigenvalue weighted by atomic mass is 16.6. The highest BCUT2D eigenvalue weighted by Gasteiger charge is 2.31. The van der Waals surface area contributed by atoms with Crippen molar-refractivity contribution in [2.75, 3.05) is 6.61 Å². The Bertz CT molecular complexity index is 750. The van der Waals surface area contributed by atoms with Gasteiger partial charge in [-0.1, -0.05) is 30.3 Å². The van der Waals surface area contributed by atoms with E-state index in [9.17, 15) is 4.79 Å². The van der Waals surface area contributed by atoms with Gasteiger partial charge in [-0.25, -0.2) is 0 Å². The lowest BCUT2D eigenvalue weighted by Crippen LogP contribution is -2.28. The van der Waals surface area contributed by atoms with Gasteiger partial charge in [-0.05, 0) is 29.3 Å². The van der Waals surface area contributed by atoms with Gasteiger partial charge in [0.1, 0.15) is 18.0 Å². The number of primary amides is 1. The molecule has 5 nitrogen and oxygen atoms in total. The second kappa shape index (κ2) is 6.51. The van der Waals surface area contributed by atoms with Gasteiger partial charge in [0.2, 0.25) is 5.91 Å². The zero-order valence-corrected chi connectivity index (χ0v) is 12.3. The molecule has 0 bridgehead atoms. The Kier molecular flexibility index (Phi) is 4.26. The van der Waals surface area contributed by atoms with Gasteiger partial charge in [0.25, 0.3) is 0 Å². The van der Waals surface area contributed by atoms with Crippen LogP contribution in [0.15, 0.2) is 48.5 Å². The number of nitriles is 1. The number of hydrogen-bond donors (Lipinski definition) is 1. The molecule has 1 fully saturated rings. The van der Waals surface area contributed by atoms with Crippen LogP contribution < -0.4 is 10.5 Å². The molecule has 115 valence electrons. The van der Waals surface area contributed by atoms with E-state index in [2.05, 4.69) is 6.07 Å². The van der Waals surface area contributed by atoms with E-state index in [1.165, 1.54) is 0 Å². The molecule has 2 aromatic rings. The summed E-state index contributed by atoms with van der Waals surface area (Å²) in [5, 5.41) is 9.16. The van der Waals surface area contributed by atoms with E-state index >= 15 is 0 Å². The summed E-state index contributed by atoms with van der Waals surface area (Å²) in [6.07, 6.45) is 0.660. The second-order valence-electron chi connectivity index (χ2n) is 5.19. The van der Waals surface area contributed by atoms with E-state index in [1.807, 2.05) is 42.5 Å². The Morgan fingerprint density at radius 1 is 1.22 bits per heavy atom. The summed E-state index contributed by atoms with van der Waals surface area (Å²) >= 11 is 0. The summed E-state index contributed by atoms with van der Waals surface area (Å²) in [5.74, 6) is 0.151. The number of amides is 1. The number of benzene rings is 2. The Labute approximate surface area is 134 Å². The zero-order chi connectivity index (χ0) is 16.2. The predicted molar refractivity (Wildman–Crippen MR) is 84.2 cm³/mol. The number of nitrogens with two attached hydrogens (primary N) is 1. The van der Waals surface area contributed by atoms with Crippen LogP contribution in [0.3, 0.4) is 0 Å². The Balaban J connectivity index is 1.71. The molecule has 2 atom stereocenters. The van der Waals surface area contributed by atoms with Crippen LogP contribution in [0, 0.1) is 17.8 Å². The summed E-state index contributed by atoms with van der Waals surface area (Å²) in [4.78, 5) is 11.0. The average Bonchev–Trinajstić information content (AvgIpc) is 3.04. The molecule has 1 heterocycles. The smallest absolute Gasteiger partial charge is 0.247 e. The molecular formula is C18H15N2O3. The number of nitrogens with zero attached hydrogens (tertiary/aromatic N) is 1. The van der Waals surface area contributed by atoms with Crippen molar-refractivity contribution in [3.8, 4) is 22.9 Å². The van der Waals surface area contributed by atoms with E-state index in [-0.39, 0.29) is 6.10 Å². The summed E-state index contributed by atoms with van der Waals surface area (Å²) in [6.45, 7) is 0.298. The quantitative estimate of drug-likeness (QED) is 0.937. The molecule has 1 aliphatic rings. The number of carbonyl (C=O) groups is 1. The lowest BCUT2D eigenvalue weighted by atomic mass is 10.0.